The van der Waals surface area contributed by atoms with Crippen LogP contribution in [0, 0.1) is 11.8 Å². The third-order valence-electron chi connectivity index (χ3n) is 4.74. The Morgan fingerprint density at radius 3 is 2.65 bits per heavy atom. The van der Waals surface area contributed by atoms with Crippen LogP contribution in [0.15, 0.2) is 21.7 Å². The van der Waals surface area contributed by atoms with Crippen molar-refractivity contribution in [2.45, 2.75) is 18.8 Å². The predicted octanol–water partition coefficient (Wildman–Crippen LogP) is 0.640. The van der Waals surface area contributed by atoms with Gasteiger partial charge in [-0.1, -0.05) is 12.2 Å². The van der Waals surface area contributed by atoms with Crippen LogP contribution in [-0.4, -0.2) is 19.1 Å². The van der Waals surface area contributed by atoms with Crippen LogP contribution in [0.3, 0.4) is 0 Å². The Kier molecular flexibility index (Phi) is 2.17. The van der Waals surface area contributed by atoms with E-state index in [2.05, 4.69) is 22.1 Å². The predicted molar refractivity (Wildman–Crippen MR) is 74.7 cm³/mol. The highest BCUT2D eigenvalue weighted by molar-refractivity contribution is 5.69. The molecule has 0 aliphatic heterocycles. The van der Waals surface area contributed by atoms with Crippen LogP contribution >= 0.6 is 0 Å². The molecule has 0 saturated heterocycles. The highest BCUT2D eigenvalue weighted by atomic mass is 16.2. The molecule has 6 heteroatoms. The summed E-state index contributed by atoms with van der Waals surface area (Å²) in [4.78, 5) is 31.8. The molecule has 2 heterocycles. The molecule has 0 amide bonds. The number of imidazole rings is 1. The fraction of sp³-hybridized carbons (Fsp3) is 0.500. The summed E-state index contributed by atoms with van der Waals surface area (Å²) in [6.07, 6.45) is 6.79. The molecule has 1 saturated carbocycles. The fourth-order valence-corrected chi connectivity index (χ4v) is 3.61. The largest absolute Gasteiger partial charge is 0.336 e. The van der Waals surface area contributed by atoms with Gasteiger partial charge in [0.25, 0.3) is 5.56 Å². The van der Waals surface area contributed by atoms with Gasteiger partial charge in [0.2, 0.25) is 0 Å². The van der Waals surface area contributed by atoms with Crippen molar-refractivity contribution in [2.24, 2.45) is 25.9 Å². The molecule has 0 aromatic carbocycles. The summed E-state index contributed by atoms with van der Waals surface area (Å²) < 4.78 is 2.55. The summed E-state index contributed by atoms with van der Waals surface area (Å²) in [7, 11) is 3.14. The van der Waals surface area contributed by atoms with Crippen LogP contribution in [0.4, 0.5) is 0 Å². The minimum atomic E-state index is -0.339. The maximum atomic E-state index is 12.2. The molecule has 0 spiro atoms. The summed E-state index contributed by atoms with van der Waals surface area (Å²) in [5, 5.41) is 0. The first kappa shape index (κ1) is 11.7. The first-order chi connectivity index (χ1) is 9.56. The molecule has 2 aromatic heterocycles. The Labute approximate surface area is 114 Å². The zero-order valence-corrected chi connectivity index (χ0v) is 11.5. The zero-order valence-electron chi connectivity index (χ0n) is 11.5. The quantitative estimate of drug-likeness (QED) is 0.774. The number of aryl methyl sites for hydroxylation is 1. The van der Waals surface area contributed by atoms with Crippen molar-refractivity contribution in [1.29, 1.82) is 0 Å². The van der Waals surface area contributed by atoms with E-state index in [0.717, 1.165) is 16.8 Å². The molecule has 1 N–H and O–H groups in total. The van der Waals surface area contributed by atoms with Crippen LogP contribution in [0.5, 0.6) is 0 Å². The number of nitrogens with zero attached hydrogens (tertiary/aromatic N) is 3. The summed E-state index contributed by atoms with van der Waals surface area (Å²) in [5.41, 5.74) is 0.241. The Morgan fingerprint density at radius 2 is 2.00 bits per heavy atom. The summed E-state index contributed by atoms with van der Waals surface area (Å²) in [6.45, 7) is 0. The Bertz CT molecular complexity index is 854. The van der Waals surface area contributed by atoms with Crippen molar-refractivity contribution in [3.05, 3.63) is 38.8 Å². The van der Waals surface area contributed by atoms with Gasteiger partial charge in [0.1, 0.15) is 11.3 Å². The van der Waals surface area contributed by atoms with Gasteiger partial charge in [0.05, 0.1) is 0 Å². The van der Waals surface area contributed by atoms with Crippen LogP contribution in [0.25, 0.3) is 11.2 Å². The Balaban J connectivity index is 1.94. The number of nitrogens with one attached hydrogen (secondary N) is 1. The Morgan fingerprint density at radius 1 is 1.20 bits per heavy atom. The molecule has 0 unspecified atom stereocenters. The van der Waals surface area contributed by atoms with E-state index in [4.69, 9.17) is 0 Å². The van der Waals surface area contributed by atoms with E-state index in [9.17, 15) is 9.59 Å². The van der Waals surface area contributed by atoms with Crippen molar-refractivity contribution < 1.29 is 0 Å². The average Bonchev–Trinajstić information content (AvgIpc) is 3.15. The van der Waals surface area contributed by atoms with Crippen LogP contribution in [0.2, 0.25) is 0 Å². The topological polar surface area (TPSA) is 72.7 Å². The number of fused-ring (bicyclic) bond motifs is 3. The maximum absolute atomic E-state index is 12.2. The molecule has 2 aliphatic carbocycles. The van der Waals surface area contributed by atoms with E-state index in [1.165, 1.54) is 18.0 Å². The van der Waals surface area contributed by atoms with E-state index in [-0.39, 0.29) is 11.2 Å². The second kappa shape index (κ2) is 3.71. The van der Waals surface area contributed by atoms with Gasteiger partial charge in [-0.15, -0.1) is 0 Å². The van der Waals surface area contributed by atoms with Gasteiger partial charge < -0.3 is 4.98 Å². The van der Waals surface area contributed by atoms with Crippen molar-refractivity contribution in [1.82, 2.24) is 19.1 Å². The van der Waals surface area contributed by atoms with Gasteiger partial charge >= 0.3 is 5.69 Å². The van der Waals surface area contributed by atoms with Crippen molar-refractivity contribution in [2.75, 3.05) is 0 Å². The molecule has 2 aliphatic rings. The summed E-state index contributed by atoms with van der Waals surface area (Å²) in [5.74, 6) is 2.35. The minimum absolute atomic E-state index is 0.305. The number of aromatic nitrogens is 4. The van der Waals surface area contributed by atoms with Gasteiger partial charge in [-0.05, 0) is 24.7 Å². The molecule has 0 radical (unpaired) electrons. The van der Waals surface area contributed by atoms with Gasteiger partial charge in [0.15, 0.2) is 5.65 Å². The van der Waals surface area contributed by atoms with E-state index in [0.29, 0.717) is 28.9 Å². The lowest BCUT2D eigenvalue weighted by Crippen LogP contribution is -2.36. The molecule has 104 valence electrons. The standard InChI is InChI=1S/C14H16N4O2/c1-17-12-10(13(19)18(2)14(17)20)15-11(16-12)9-6-7-3-4-8(9)5-7/h3-4,7-9H,5-6H2,1-2H3,(H,15,16)/t7-,8+,9+/m1/s1. The number of rotatable bonds is 1. The van der Waals surface area contributed by atoms with Crippen molar-refractivity contribution in [3.63, 3.8) is 0 Å². The SMILES string of the molecule is Cn1c(=O)c2[nH]c([C@H]3C[C@@H]4C=C[C@H]3C4)nc2n(C)c1=O. The molecule has 20 heavy (non-hydrogen) atoms. The molecule has 1 fully saturated rings. The summed E-state index contributed by atoms with van der Waals surface area (Å²) >= 11 is 0. The lowest BCUT2D eigenvalue weighted by atomic mass is 9.93. The average molecular weight is 272 g/mol. The normalized spacial score (nSPS) is 27.8. The second-order valence-corrected chi connectivity index (χ2v) is 5.91. The number of hydrogen-bond acceptors (Lipinski definition) is 3. The first-order valence-electron chi connectivity index (χ1n) is 6.90. The Hall–Kier alpha value is -2.11. The minimum Gasteiger partial charge on any atom is -0.336 e. The van der Waals surface area contributed by atoms with Crippen LogP contribution in [-0.2, 0) is 14.1 Å². The fourth-order valence-electron chi connectivity index (χ4n) is 3.61. The van der Waals surface area contributed by atoms with Gasteiger partial charge in [-0.3, -0.25) is 13.9 Å². The van der Waals surface area contributed by atoms with E-state index in [1.54, 1.807) is 7.05 Å². The third kappa shape index (κ3) is 1.36. The van der Waals surface area contributed by atoms with Gasteiger partial charge in [0, 0.05) is 20.0 Å². The van der Waals surface area contributed by atoms with E-state index in [1.807, 2.05) is 0 Å². The molecular weight excluding hydrogens is 256 g/mol. The molecule has 2 bridgehead atoms. The van der Waals surface area contributed by atoms with Crippen molar-refractivity contribution in [3.8, 4) is 0 Å². The zero-order chi connectivity index (χ0) is 14.0. The van der Waals surface area contributed by atoms with Crippen LogP contribution < -0.4 is 11.2 Å². The van der Waals surface area contributed by atoms with Crippen molar-refractivity contribution >= 4 is 11.2 Å². The van der Waals surface area contributed by atoms with Gasteiger partial charge in [-0.25, -0.2) is 9.78 Å². The highest BCUT2D eigenvalue weighted by Crippen LogP contribution is 2.47. The lowest BCUT2D eigenvalue weighted by Gasteiger charge is -2.14. The van der Waals surface area contributed by atoms with Gasteiger partial charge in [-0.2, -0.15) is 0 Å². The first-order valence-corrected chi connectivity index (χ1v) is 6.90. The summed E-state index contributed by atoms with van der Waals surface area (Å²) in [6, 6.07) is 0. The molecule has 2 aromatic rings. The second-order valence-electron chi connectivity index (χ2n) is 5.91. The number of H-pyrrole nitrogens is 1. The lowest BCUT2D eigenvalue weighted by molar-refractivity contribution is 0.559. The number of aromatic amines is 1. The monoisotopic (exact) mass is 272 g/mol. The number of hydrogen-bond donors (Lipinski definition) is 1. The molecule has 6 nitrogen and oxygen atoms in total. The van der Waals surface area contributed by atoms with Crippen LogP contribution in [0.1, 0.15) is 24.6 Å². The molecular formula is C14H16N4O2. The van der Waals surface area contributed by atoms with E-state index >= 15 is 0 Å². The van der Waals surface area contributed by atoms with E-state index < -0.39 is 0 Å². The maximum Gasteiger partial charge on any atom is 0.332 e. The highest BCUT2D eigenvalue weighted by Gasteiger charge is 2.38. The molecule has 3 atom stereocenters. The molecule has 4 rings (SSSR count). The number of allylic oxidation sites excluding steroid dienone is 2. The smallest absolute Gasteiger partial charge is 0.332 e. The third-order valence-corrected chi connectivity index (χ3v) is 4.74.